The zero-order valence-electron chi connectivity index (χ0n) is 10.9. The summed E-state index contributed by atoms with van der Waals surface area (Å²) in [6.45, 7) is 1.99. The highest BCUT2D eigenvalue weighted by Crippen LogP contribution is 2.34. The topological polar surface area (TPSA) is 44.5 Å². The molecule has 0 fully saturated rings. The van der Waals surface area contributed by atoms with Crippen molar-refractivity contribution in [1.29, 1.82) is 0 Å². The lowest BCUT2D eigenvalue weighted by Crippen LogP contribution is -1.93. The number of methoxy groups -OCH3 is 2. The van der Waals surface area contributed by atoms with Gasteiger partial charge in [0.2, 0.25) is 0 Å². The van der Waals surface area contributed by atoms with Crippen molar-refractivity contribution in [3.05, 3.63) is 42.0 Å². The Balaban J connectivity index is 2.57. The first-order valence-corrected chi connectivity index (χ1v) is 5.74. The number of anilines is 1. The smallest absolute Gasteiger partial charge is 0.126 e. The largest absolute Gasteiger partial charge is 0.497 e. The maximum Gasteiger partial charge on any atom is 0.126 e. The SMILES string of the molecule is COc1ccc(OC)c(-c2ccc(N)c(C)c2)c1. The first kappa shape index (κ1) is 12.3. The Kier molecular flexibility index (Phi) is 3.42. The molecule has 0 heterocycles. The van der Waals surface area contributed by atoms with E-state index in [2.05, 4.69) is 0 Å². The molecule has 0 radical (unpaired) electrons. The van der Waals surface area contributed by atoms with Crippen molar-refractivity contribution < 1.29 is 9.47 Å². The highest BCUT2D eigenvalue weighted by Gasteiger charge is 2.08. The van der Waals surface area contributed by atoms with Crippen molar-refractivity contribution >= 4 is 5.69 Å². The van der Waals surface area contributed by atoms with Gasteiger partial charge in [0.05, 0.1) is 14.2 Å². The van der Waals surface area contributed by atoms with Gasteiger partial charge >= 0.3 is 0 Å². The number of hydrogen-bond donors (Lipinski definition) is 1. The Labute approximate surface area is 107 Å². The number of aryl methyl sites for hydroxylation is 1. The summed E-state index contributed by atoms with van der Waals surface area (Å²) in [7, 11) is 3.31. The second-order valence-electron chi connectivity index (χ2n) is 4.14. The Morgan fingerprint density at radius 1 is 0.944 bits per heavy atom. The fourth-order valence-corrected chi connectivity index (χ4v) is 1.88. The molecule has 0 saturated heterocycles. The van der Waals surface area contributed by atoms with E-state index in [1.165, 1.54) is 0 Å². The van der Waals surface area contributed by atoms with Crippen molar-refractivity contribution in [2.45, 2.75) is 6.92 Å². The van der Waals surface area contributed by atoms with Crippen molar-refractivity contribution in [2.24, 2.45) is 0 Å². The van der Waals surface area contributed by atoms with Crippen LogP contribution in [-0.4, -0.2) is 14.2 Å². The molecule has 0 aromatic heterocycles. The number of nitrogens with two attached hydrogens (primary N) is 1. The number of benzene rings is 2. The summed E-state index contributed by atoms with van der Waals surface area (Å²) in [5, 5.41) is 0. The molecular weight excluding hydrogens is 226 g/mol. The minimum absolute atomic E-state index is 0.792. The van der Waals surface area contributed by atoms with E-state index in [9.17, 15) is 0 Å². The van der Waals surface area contributed by atoms with Gasteiger partial charge < -0.3 is 15.2 Å². The molecule has 94 valence electrons. The van der Waals surface area contributed by atoms with Crippen LogP contribution in [0.1, 0.15) is 5.56 Å². The van der Waals surface area contributed by atoms with E-state index in [-0.39, 0.29) is 0 Å². The van der Waals surface area contributed by atoms with Crippen molar-refractivity contribution in [3.63, 3.8) is 0 Å². The van der Waals surface area contributed by atoms with Gasteiger partial charge in [-0.15, -0.1) is 0 Å². The molecular formula is C15H17NO2. The lowest BCUT2D eigenvalue weighted by Gasteiger charge is -2.12. The number of ether oxygens (including phenoxy) is 2. The lowest BCUT2D eigenvalue weighted by molar-refractivity contribution is 0.404. The molecule has 0 atom stereocenters. The Morgan fingerprint density at radius 3 is 2.33 bits per heavy atom. The lowest BCUT2D eigenvalue weighted by atomic mass is 10.0. The molecule has 2 aromatic carbocycles. The van der Waals surface area contributed by atoms with Crippen LogP contribution in [0, 0.1) is 6.92 Å². The molecule has 3 nitrogen and oxygen atoms in total. The average Bonchev–Trinajstić information content (AvgIpc) is 2.41. The molecule has 3 heteroatoms. The molecule has 0 aliphatic heterocycles. The van der Waals surface area contributed by atoms with E-state index in [1.54, 1.807) is 14.2 Å². The quantitative estimate of drug-likeness (QED) is 0.841. The van der Waals surface area contributed by atoms with Crippen LogP contribution >= 0.6 is 0 Å². The predicted octanol–water partition coefficient (Wildman–Crippen LogP) is 3.26. The van der Waals surface area contributed by atoms with Crippen LogP contribution in [0.5, 0.6) is 11.5 Å². The van der Waals surface area contributed by atoms with Gasteiger partial charge in [0.1, 0.15) is 11.5 Å². The summed E-state index contributed by atoms with van der Waals surface area (Å²) in [6, 6.07) is 11.7. The molecule has 18 heavy (non-hydrogen) atoms. The summed E-state index contributed by atoms with van der Waals surface area (Å²) < 4.78 is 10.6. The zero-order valence-corrected chi connectivity index (χ0v) is 10.9. The molecule has 0 unspecified atom stereocenters. The van der Waals surface area contributed by atoms with Gasteiger partial charge in [-0.05, 0) is 48.4 Å². The monoisotopic (exact) mass is 243 g/mol. The molecule has 0 saturated carbocycles. The Bertz CT molecular complexity index is 564. The van der Waals surface area contributed by atoms with Gasteiger partial charge in [-0.2, -0.15) is 0 Å². The normalized spacial score (nSPS) is 10.2. The van der Waals surface area contributed by atoms with Gasteiger partial charge in [-0.3, -0.25) is 0 Å². The first-order valence-electron chi connectivity index (χ1n) is 5.74. The Morgan fingerprint density at radius 2 is 1.72 bits per heavy atom. The van der Waals surface area contributed by atoms with Crippen LogP contribution < -0.4 is 15.2 Å². The third-order valence-corrected chi connectivity index (χ3v) is 2.99. The predicted molar refractivity (Wildman–Crippen MR) is 74.1 cm³/mol. The van der Waals surface area contributed by atoms with E-state index in [0.717, 1.165) is 33.9 Å². The molecule has 0 amide bonds. The van der Waals surface area contributed by atoms with Crippen LogP contribution in [0.15, 0.2) is 36.4 Å². The van der Waals surface area contributed by atoms with Gasteiger partial charge in [-0.1, -0.05) is 6.07 Å². The maximum absolute atomic E-state index is 5.84. The van der Waals surface area contributed by atoms with Crippen LogP contribution in [0.2, 0.25) is 0 Å². The summed E-state index contributed by atoms with van der Waals surface area (Å²) in [5.41, 5.74) is 9.75. The summed E-state index contributed by atoms with van der Waals surface area (Å²) in [6.07, 6.45) is 0. The van der Waals surface area contributed by atoms with E-state index >= 15 is 0 Å². The van der Waals surface area contributed by atoms with E-state index in [0.29, 0.717) is 0 Å². The minimum atomic E-state index is 0.792. The van der Waals surface area contributed by atoms with Crippen LogP contribution in [0.25, 0.3) is 11.1 Å². The van der Waals surface area contributed by atoms with Crippen molar-refractivity contribution in [3.8, 4) is 22.6 Å². The molecule has 2 aromatic rings. The number of nitrogen functional groups attached to an aromatic ring is 1. The van der Waals surface area contributed by atoms with Gasteiger partial charge in [0, 0.05) is 11.3 Å². The molecule has 0 aliphatic carbocycles. The fraction of sp³-hybridized carbons (Fsp3) is 0.200. The summed E-state index contributed by atoms with van der Waals surface area (Å²) in [5.74, 6) is 1.63. The minimum Gasteiger partial charge on any atom is -0.497 e. The van der Waals surface area contributed by atoms with Crippen molar-refractivity contribution in [1.82, 2.24) is 0 Å². The van der Waals surface area contributed by atoms with Crippen molar-refractivity contribution in [2.75, 3.05) is 20.0 Å². The maximum atomic E-state index is 5.84. The summed E-state index contributed by atoms with van der Waals surface area (Å²) >= 11 is 0. The molecule has 0 bridgehead atoms. The van der Waals surface area contributed by atoms with E-state index in [1.807, 2.05) is 43.3 Å². The number of rotatable bonds is 3. The van der Waals surface area contributed by atoms with Crippen LogP contribution in [0.3, 0.4) is 0 Å². The second-order valence-corrected chi connectivity index (χ2v) is 4.14. The molecule has 0 spiro atoms. The third kappa shape index (κ3) is 2.25. The molecule has 0 aliphatic rings. The highest BCUT2D eigenvalue weighted by molar-refractivity contribution is 5.74. The second kappa shape index (κ2) is 5.00. The first-order chi connectivity index (χ1) is 8.65. The van der Waals surface area contributed by atoms with Crippen LogP contribution in [0.4, 0.5) is 5.69 Å². The van der Waals surface area contributed by atoms with Gasteiger partial charge in [0.15, 0.2) is 0 Å². The fourth-order valence-electron chi connectivity index (χ4n) is 1.88. The van der Waals surface area contributed by atoms with Gasteiger partial charge in [-0.25, -0.2) is 0 Å². The number of hydrogen-bond acceptors (Lipinski definition) is 3. The average molecular weight is 243 g/mol. The van der Waals surface area contributed by atoms with Crippen LogP contribution in [-0.2, 0) is 0 Å². The zero-order chi connectivity index (χ0) is 13.1. The van der Waals surface area contributed by atoms with E-state index in [4.69, 9.17) is 15.2 Å². The third-order valence-electron chi connectivity index (χ3n) is 2.99. The van der Waals surface area contributed by atoms with E-state index < -0.39 is 0 Å². The highest BCUT2D eigenvalue weighted by atomic mass is 16.5. The standard InChI is InChI=1S/C15H17NO2/c1-10-8-11(4-6-14(10)16)13-9-12(17-2)5-7-15(13)18-3/h4-9H,16H2,1-3H3. The Hall–Kier alpha value is -2.16. The van der Waals surface area contributed by atoms with Gasteiger partial charge in [0.25, 0.3) is 0 Å². The summed E-state index contributed by atoms with van der Waals surface area (Å²) in [4.78, 5) is 0. The molecule has 2 N–H and O–H groups in total. The molecule has 2 rings (SSSR count).